The Hall–Kier alpha value is -1.36. The summed E-state index contributed by atoms with van der Waals surface area (Å²) in [5.41, 5.74) is 0. The van der Waals surface area contributed by atoms with Crippen LogP contribution in [-0.2, 0) is 11.3 Å². The van der Waals surface area contributed by atoms with Crippen molar-refractivity contribution >= 4 is 5.91 Å². The van der Waals surface area contributed by atoms with Crippen LogP contribution in [0.1, 0.15) is 38.5 Å². The van der Waals surface area contributed by atoms with Gasteiger partial charge >= 0.3 is 0 Å². The van der Waals surface area contributed by atoms with Gasteiger partial charge in [0.25, 0.3) is 0 Å². The second kappa shape index (κ2) is 7.77. The SMILES string of the molecule is O=C(CC1CCCCC1)N1CCN(CCn2cccn2)CC1. The Bertz CT molecular complexity index is 445. The minimum absolute atomic E-state index is 0.388. The van der Waals surface area contributed by atoms with Gasteiger partial charge in [0.05, 0.1) is 6.54 Å². The Morgan fingerprint density at radius 2 is 1.82 bits per heavy atom. The molecule has 1 aromatic rings. The first kappa shape index (κ1) is 15.5. The fourth-order valence-corrected chi connectivity index (χ4v) is 3.66. The van der Waals surface area contributed by atoms with Crippen LogP contribution in [0.2, 0.25) is 0 Å². The van der Waals surface area contributed by atoms with E-state index >= 15 is 0 Å². The quantitative estimate of drug-likeness (QED) is 0.835. The maximum absolute atomic E-state index is 12.4. The predicted molar refractivity (Wildman–Crippen MR) is 86.4 cm³/mol. The topological polar surface area (TPSA) is 41.4 Å². The van der Waals surface area contributed by atoms with E-state index in [-0.39, 0.29) is 0 Å². The summed E-state index contributed by atoms with van der Waals surface area (Å²) in [6.07, 6.45) is 11.1. The smallest absolute Gasteiger partial charge is 0.222 e. The molecule has 1 saturated carbocycles. The molecule has 3 rings (SSSR count). The lowest BCUT2D eigenvalue weighted by atomic mass is 9.86. The van der Waals surface area contributed by atoms with Crippen LogP contribution in [0.5, 0.6) is 0 Å². The molecule has 122 valence electrons. The zero-order valence-corrected chi connectivity index (χ0v) is 13.5. The summed E-state index contributed by atoms with van der Waals surface area (Å²) in [5.74, 6) is 1.04. The Morgan fingerprint density at radius 1 is 1.05 bits per heavy atom. The van der Waals surface area contributed by atoms with Crippen LogP contribution in [0.4, 0.5) is 0 Å². The van der Waals surface area contributed by atoms with Gasteiger partial charge in [-0.05, 0) is 24.8 Å². The molecule has 1 saturated heterocycles. The van der Waals surface area contributed by atoms with Gasteiger partial charge in [-0.15, -0.1) is 0 Å². The summed E-state index contributed by atoms with van der Waals surface area (Å²) in [6.45, 7) is 5.74. The van der Waals surface area contributed by atoms with Crippen molar-refractivity contribution in [3.63, 3.8) is 0 Å². The third-order valence-electron chi connectivity index (χ3n) is 5.12. The lowest BCUT2D eigenvalue weighted by Gasteiger charge is -2.35. The molecule has 0 unspecified atom stereocenters. The Kier molecular flexibility index (Phi) is 5.48. The van der Waals surface area contributed by atoms with Crippen molar-refractivity contribution in [2.45, 2.75) is 45.1 Å². The Balaban J connectivity index is 1.36. The van der Waals surface area contributed by atoms with Crippen molar-refractivity contribution in [1.29, 1.82) is 0 Å². The third-order valence-corrected chi connectivity index (χ3v) is 5.12. The van der Waals surface area contributed by atoms with E-state index in [2.05, 4.69) is 14.9 Å². The highest BCUT2D eigenvalue weighted by Crippen LogP contribution is 2.26. The molecule has 5 heteroatoms. The molecular weight excluding hydrogens is 276 g/mol. The average molecular weight is 304 g/mol. The first-order chi connectivity index (χ1) is 10.8. The Morgan fingerprint density at radius 3 is 2.50 bits per heavy atom. The van der Waals surface area contributed by atoms with E-state index in [1.54, 1.807) is 0 Å². The van der Waals surface area contributed by atoms with Crippen LogP contribution in [0.15, 0.2) is 18.5 Å². The van der Waals surface area contributed by atoms with Gasteiger partial charge in [-0.3, -0.25) is 14.4 Å². The van der Waals surface area contributed by atoms with Crippen molar-refractivity contribution < 1.29 is 4.79 Å². The second-order valence-electron chi connectivity index (χ2n) is 6.70. The van der Waals surface area contributed by atoms with E-state index < -0.39 is 0 Å². The van der Waals surface area contributed by atoms with E-state index in [4.69, 9.17) is 0 Å². The van der Waals surface area contributed by atoms with Gasteiger partial charge in [0.15, 0.2) is 0 Å². The van der Waals surface area contributed by atoms with E-state index in [1.165, 1.54) is 32.1 Å². The van der Waals surface area contributed by atoms with Crippen LogP contribution in [0, 0.1) is 5.92 Å². The minimum Gasteiger partial charge on any atom is -0.340 e. The molecule has 1 aliphatic heterocycles. The summed E-state index contributed by atoms with van der Waals surface area (Å²) in [4.78, 5) is 16.9. The molecule has 22 heavy (non-hydrogen) atoms. The zero-order valence-electron chi connectivity index (χ0n) is 13.5. The first-order valence-electron chi connectivity index (χ1n) is 8.79. The second-order valence-corrected chi connectivity index (χ2v) is 6.70. The highest BCUT2D eigenvalue weighted by Gasteiger charge is 2.24. The maximum Gasteiger partial charge on any atom is 0.222 e. The van der Waals surface area contributed by atoms with Crippen LogP contribution in [0.3, 0.4) is 0 Å². The molecule has 1 aromatic heterocycles. The van der Waals surface area contributed by atoms with Gasteiger partial charge in [0.1, 0.15) is 0 Å². The van der Waals surface area contributed by atoms with E-state index in [1.807, 2.05) is 23.1 Å². The van der Waals surface area contributed by atoms with Crippen molar-refractivity contribution in [1.82, 2.24) is 19.6 Å². The zero-order chi connectivity index (χ0) is 15.2. The van der Waals surface area contributed by atoms with E-state index in [0.717, 1.165) is 45.7 Å². The van der Waals surface area contributed by atoms with Crippen molar-refractivity contribution in [3.05, 3.63) is 18.5 Å². The van der Waals surface area contributed by atoms with Crippen molar-refractivity contribution in [2.24, 2.45) is 5.92 Å². The van der Waals surface area contributed by atoms with Gasteiger partial charge in [-0.1, -0.05) is 19.3 Å². The predicted octanol–water partition coefficient (Wildman–Crippen LogP) is 2.00. The molecule has 2 aliphatic rings. The minimum atomic E-state index is 0.388. The van der Waals surface area contributed by atoms with Crippen molar-refractivity contribution in [2.75, 3.05) is 32.7 Å². The van der Waals surface area contributed by atoms with Crippen molar-refractivity contribution in [3.8, 4) is 0 Å². The molecule has 1 aliphatic carbocycles. The molecule has 2 fully saturated rings. The van der Waals surface area contributed by atoms with Crippen LogP contribution in [-0.4, -0.2) is 58.2 Å². The molecule has 0 N–H and O–H groups in total. The highest BCUT2D eigenvalue weighted by molar-refractivity contribution is 5.76. The summed E-state index contributed by atoms with van der Waals surface area (Å²) < 4.78 is 1.97. The molecular formula is C17H28N4O. The normalized spacial score (nSPS) is 21.2. The molecule has 0 atom stereocenters. The summed E-state index contributed by atoms with van der Waals surface area (Å²) in [7, 11) is 0. The summed E-state index contributed by atoms with van der Waals surface area (Å²) in [6, 6.07) is 1.96. The largest absolute Gasteiger partial charge is 0.340 e. The standard InChI is InChI=1S/C17H28N4O/c22-17(15-16-5-2-1-3-6-16)20-12-9-19(10-13-20)11-14-21-8-4-7-18-21/h4,7-8,16H,1-3,5-6,9-15H2. The van der Waals surface area contributed by atoms with Gasteiger partial charge in [-0.2, -0.15) is 5.10 Å². The molecule has 0 aromatic carbocycles. The van der Waals surface area contributed by atoms with Gasteiger partial charge in [0.2, 0.25) is 5.91 Å². The summed E-state index contributed by atoms with van der Waals surface area (Å²) in [5, 5.41) is 4.23. The van der Waals surface area contributed by atoms with Gasteiger partial charge in [0, 0.05) is 51.5 Å². The lowest BCUT2D eigenvalue weighted by Crippen LogP contribution is -2.49. The molecule has 0 bridgehead atoms. The molecule has 2 heterocycles. The fraction of sp³-hybridized carbons (Fsp3) is 0.765. The molecule has 0 radical (unpaired) electrons. The summed E-state index contributed by atoms with van der Waals surface area (Å²) >= 11 is 0. The van der Waals surface area contributed by atoms with Gasteiger partial charge < -0.3 is 4.90 Å². The number of aromatic nitrogens is 2. The maximum atomic E-state index is 12.4. The number of nitrogens with zero attached hydrogens (tertiary/aromatic N) is 4. The monoisotopic (exact) mass is 304 g/mol. The molecule has 0 spiro atoms. The molecule has 5 nitrogen and oxygen atoms in total. The van der Waals surface area contributed by atoms with E-state index in [9.17, 15) is 4.79 Å². The molecule has 1 amide bonds. The van der Waals surface area contributed by atoms with Crippen LogP contribution in [0.25, 0.3) is 0 Å². The number of piperazine rings is 1. The van der Waals surface area contributed by atoms with Gasteiger partial charge in [-0.25, -0.2) is 0 Å². The highest BCUT2D eigenvalue weighted by atomic mass is 16.2. The fourth-order valence-electron chi connectivity index (χ4n) is 3.66. The first-order valence-corrected chi connectivity index (χ1v) is 8.79. The number of rotatable bonds is 5. The van der Waals surface area contributed by atoms with E-state index in [0.29, 0.717) is 11.8 Å². The lowest BCUT2D eigenvalue weighted by molar-refractivity contribution is -0.134. The number of hydrogen-bond donors (Lipinski definition) is 0. The third kappa shape index (κ3) is 4.32. The Labute approximate surface area is 133 Å². The van der Waals surface area contributed by atoms with Crippen LogP contribution < -0.4 is 0 Å². The average Bonchev–Trinajstić information content (AvgIpc) is 3.08. The number of hydrogen-bond acceptors (Lipinski definition) is 3. The van der Waals surface area contributed by atoms with Crippen LogP contribution >= 0.6 is 0 Å². The number of amides is 1. The number of carbonyl (C=O) groups excluding carboxylic acids is 1. The number of carbonyl (C=O) groups is 1.